The number of carbonyl (C=O) groups is 2. The van der Waals surface area contributed by atoms with Crippen molar-refractivity contribution in [3.63, 3.8) is 0 Å². The third-order valence-electron chi connectivity index (χ3n) is 4.51. The van der Waals surface area contributed by atoms with Crippen LogP contribution < -0.4 is 10.6 Å². The molecular weight excluding hydrogens is 268 g/mol. The molecule has 1 atom stereocenters. The Kier molecular flexibility index (Phi) is 3.86. The minimum absolute atomic E-state index is 0.00766. The van der Waals surface area contributed by atoms with Gasteiger partial charge in [-0.25, -0.2) is 4.79 Å². The smallest absolute Gasteiger partial charge is 0.315 e. The number of carbonyl (C=O) groups excluding carboxylic acids is 2. The summed E-state index contributed by atoms with van der Waals surface area (Å²) >= 11 is 0. The fraction of sp³-hybridized carbons (Fsp3) is 0.600. The van der Waals surface area contributed by atoms with Crippen LogP contribution in [0.25, 0.3) is 0 Å². The van der Waals surface area contributed by atoms with E-state index in [0.29, 0.717) is 24.8 Å². The summed E-state index contributed by atoms with van der Waals surface area (Å²) in [5.74, 6) is 0.00857. The molecule has 1 saturated carbocycles. The molecule has 6 nitrogen and oxygen atoms in total. The van der Waals surface area contributed by atoms with Crippen molar-refractivity contribution in [3.05, 3.63) is 24.0 Å². The van der Waals surface area contributed by atoms with Crippen molar-refractivity contribution in [2.75, 3.05) is 13.6 Å². The van der Waals surface area contributed by atoms with E-state index in [1.807, 2.05) is 22.9 Å². The molecular formula is C15H22N4O2. The van der Waals surface area contributed by atoms with Crippen LogP contribution in [0.2, 0.25) is 0 Å². The number of rotatable bonds is 3. The molecule has 114 valence electrons. The molecule has 0 radical (unpaired) electrons. The number of hydrogen-bond donors (Lipinski definition) is 2. The Morgan fingerprint density at radius 1 is 1.38 bits per heavy atom. The molecule has 1 unspecified atom stereocenters. The number of hydrogen-bond acceptors (Lipinski definition) is 2. The molecule has 0 aromatic carbocycles. The minimum Gasteiger partial charge on any atom is -0.341 e. The predicted octanol–water partition coefficient (Wildman–Crippen LogP) is 1.18. The van der Waals surface area contributed by atoms with Crippen LogP contribution in [-0.4, -0.2) is 47.1 Å². The van der Waals surface area contributed by atoms with Crippen molar-refractivity contribution in [1.82, 2.24) is 20.1 Å². The second kappa shape index (κ2) is 5.79. The van der Waals surface area contributed by atoms with Gasteiger partial charge in [0.05, 0.1) is 6.04 Å². The van der Waals surface area contributed by atoms with Gasteiger partial charge in [0.2, 0.25) is 0 Å². The molecule has 3 amide bonds. The molecule has 2 N–H and O–H groups in total. The number of amides is 3. The Hall–Kier alpha value is -1.98. The highest BCUT2D eigenvalue weighted by Crippen LogP contribution is 2.18. The molecule has 0 bridgehead atoms. The lowest BCUT2D eigenvalue weighted by molar-refractivity contribution is 0.0657. The summed E-state index contributed by atoms with van der Waals surface area (Å²) in [5, 5.41) is 5.89. The molecule has 0 saturated heterocycles. The summed E-state index contributed by atoms with van der Waals surface area (Å²) < 4.78 is 1.95. The van der Waals surface area contributed by atoms with Crippen LogP contribution in [0.15, 0.2) is 18.3 Å². The topological polar surface area (TPSA) is 66.4 Å². The summed E-state index contributed by atoms with van der Waals surface area (Å²) in [5.41, 5.74) is 0.712. The molecule has 1 aliphatic carbocycles. The summed E-state index contributed by atoms with van der Waals surface area (Å²) in [4.78, 5) is 25.8. The molecule has 6 heteroatoms. The Balaban J connectivity index is 1.53. The van der Waals surface area contributed by atoms with Gasteiger partial charge in [0.25, 0.3) is 5.91 Å². The first-order chi connectivity index (χ1) is 10.1. The van der Waals surface area contributed by atoms with Gasteiger partial charge in [0.15, 0.2) is 0 Å². The van der Waals surface area contributed by atoms with Crippen LogP contribution in [0.1, 0.15) is 36.2 Å². The summed E-state index contributed by atoms with van der Waals surface area (Å²) in [6.45, 7) is 1.19. The fourth-order valence-electron chi connectivity index (χ4n) is 3.18. The molecule has 1 aromatic rings. The Morgan fingerprint density at radius 2 is 2.14 bits per heavy atom. The van der Waals surface area contributed by atoms with E-state index in [1.165, 1.54) is 12.8 Å². The van der Waals surface area contributed by atoms with Gasteiger partial charge in [-0.2, -0.15) is 0 Å². The number of aromatic nitrogens is 1. The highest BCUT2D eigenvalue weighted by Gasteiger charge is 2.29. The third-order valence-corrected chi connectivity index (χ3v) is 4.51. The Labute approximate surface area is 124 Å². The standard InChI is InChI=1S/C15H22N4O2/c1-18-12(10-19-8-4-7-13(19)14(18)20)9-16-15(21)17-11-5-2-3-6-11/h4,7-8,11-12H,2-3,5-6,9-10H2,1H3,(H2,16,17,21). The van der Waals surface area contributed by atoms with Crippen LogP contribution in [-0.2, 0) is 6.54 Å². The van der Waals surface area contributed by atoms with Crippen molar-refractivity contribution in [2.45, 2.75) is 44.3 Å². The van der Waals surface area contributed by atoms with Crippen LogP contribution >= 0.6 is 0 Å². The lowest BCUT2D eigenvalue weighted by atomic mass is 10.2. The first kappa shape index (κ1) is 14.0. The van der Waals surface area contributed by atoms with E-state index in [9.17, 15) is 9.59 Å². The van der Waals surface area contributed by atoms with E-state index in [-0.39, 0.29) is 18.0 Å². The second-order valence-electron chi connectivity index (χ2n) is 5.95. The van der Waals surface area contributed by atoms with Crippen LogP contribution in [0.5, 0.6) is 0 Å². The van der Waals surface area contributed by atoms with Crippen molar-refractivity contribution in [2.24, 2.45) is 0 Å². The first-order valence-corrected chi connectivity index (χ1v) is 7.62. The highest BCUT2D eigenvalue weighted by molar-refractivity contribution is 5.93. The number of likely N-dealkylation sites (N-methyl/N-ethyl adjacent to an activating group) is 1. The second-order valence-corrected chi connectivity index (χ2v) is 5.95. The Bertz CT molecular complexity index is 534. The van der Waals surface area contributed by atoms with Crippen LogP contribution in [0.4, 0.5) is 4.79 Å². The van der Waals surface area contributed by atoms with Gasteiger partial charge in [-0.3, -0.25) is 4.79 Å². The largest absolute Gasteiger partial charge is 0.341 e. The number of fused-ring (bicyclic) bond motifs is 1. The summed E-state index contributed by atoms with van der Waals surface area (Å²) in [7, 11) is 1.79. The van der Waals surface area contributed by atoms with Gasteiger partial charge in [0.1, 0.15) is 5.69 Å². The SMILES string of the molecule is CN1C(=O)c2cccn2CC1CNC(=O)NC1CCCC1. The monoisotopic (exact) mass is 290 g/mol. The lowest BCUT2D eigenvalue weighted by Crippen LogP contribution is -2.52. The van der Waals surface area contributed by atoms with Crippen molar-refractivity contribution in [3.8, 4) is 0 Å². The average Bonchev–Trinajstić information content (AvgIpc) is 3.12. The number of nitrogens with zero attached hydrogens (tertiary/aromatic N) is 2. The maximum absolute atomic E-state index is 12.2. The highest BCUT2D eigenvalue weighted by atomic mass is 16.2. The van der Waals surface area contributed by atoms with Crippen molar-refractivity contribution >= 4 is 11.9 Å². The Morgan fingerprint density at radius 3 is 2.90 bits per heavy atom. The maximum Gasteiger partial charge on any atom is 0.315 e. The molecule has 3 rings (SSSR count). The van der Waals surface area contributed by atoms with Gasteiger partial charge in [0, 0.05) is 32.4 Å². The number of urea groups is 1. The zero-order valence-corrected chi connectivity index (χ0v) is 12.3. The van der Waals surface area contributed by atoms with Gasteiger partial charge in [-0.05, 0) is 25.0 Å². The number of nitrogens with one attached hydrogen (secondary N) is 2. The lowest BCUT2D eigenvalue weighted by Gasteiger charge is -2.34. The minimum atomic E-state index is -0.124. The average molecular weight is 290 g/mol. The summed E-state index contributed by atoms with van der Waals surface area (Å²) in [6.07, 6.45) is 6.44. The quantitative estimate of drug-likeness (QED) is 0.878. The van der Waals surface area contributed by atoms with Crippen LogP contribution in [0.3, 0.4) is 0 Å². The molecule has 2 aliphatic rings. The zero-order valence-electron chi connectivity index (χ0n) is 12.3. The molecule has 2 heterocycles. The van der Waals surface area contributed by atoms with E-state index in [2.05, 4.69) is 10.6 Å². The molecule has 1 aliphatic heterocycles. The van der Waals surface area contributed by atoms with Gasteiger partial charge < -0.3 is 20.1 Å². The van der Waals surface area contributed by atoms with Crippen molar-refractivity contribution in [1.29, 1.82) is 0 Å². The van der Waals surface area contributed by atoms with E-state index >= 15 is 0 Å². The maximum atomic E-state index is 12.2. The van der Waals surface area contributed by atoms with Gasteiger partial charge >= 0.3 is 6.03 Å². The normalized spacial score (nSPS) is 22.2. The van der Waals surface area contributed by atoms with Gasteiger partial charge in [-0.15, -0.1) is 0 Å². The predicted molar refractivity (Wildman–Crippen MR) is 79.1 cm³/mol. The molecule has 1 fully saturated rings. The molecule has 21 heavy (non-hydrogen) atoms. The fourth-order valence-corrected chi connectivity index (χ4v) is 3.18. The van der Waals surface area contributed by atoms with Gasteiger partial charge in [-0.1, -0.05) is 12.8 Å². The van der Waals surface area contributed by atoms with E-state index < -0.39 is 0 Å². The molecule has 1 aromatic heterocycles. The third kappa shape index (κ3) is 2.89. The zero-order chi connectivity index (χ0) is 14.8. The van der Waals surface area contributed by atoms with Crippen LogP contribution in [0, 0.1) is 0 Å². The summed E-state index contributed by atoms with van der Waals surface area (Å²) in [6, 6.07) is 3.89. The first-order valence-electron chi connectivity index (χ1n) is 7.62. The van der Waals surface area contributed by atoms with E-state index in [4.69, 9.17) is 0 Å². The van der Waals surface area contributed by atoms with E-state index in [1.54, 1.807) is 11.9 Å². The molecule has 0 spiro atoms. The van der Waals surface area contributed by atoms with E-state index in [0.717, 1.165) is 12.8 Å². The van der Waals surface area contributed by atoms with Crippen molar-refractivity contribution < 1.29 is 9.59 Å².